The molecule has 1 N–H and O–H groups in total. The molecule has 0 saturated carbocycles. The largest absolute Gasteiger partial charge is 0.382 e. The fourth-order valence-corrected chi connectivity index (χ4v) is 3.68. The Morgan fingerprint density at radius 3 is 3.04 bits per heavy atom. The second-order valence-corrected chi connectivity index (χ2v) is 7.20. The number of thiophene rings is 1. The predicted octanol–water partition coefficient (Wildman–Crippen LogP) is 2.55. The molecule has 26 heavy (non-hydrogen) atoms. The lowest BCUT2D eigenvalue weighted by molar-refractivity contribution is -0.126. The zero-order chi connectivity index (χ0) is 18.2. The number of ether oxygens (including phenoxy) is 1. The summed E-state index contributed by atoms with van der Waals surface area (Å²) in [7, 11) is 0. The van der Waals surface area contributed by atoms with Crippen LogP contribution in [0.5, 0.6) is 0 Å². The number of hydrogen-bond acceptors (Lipinski definition) is 7. The van der Waals surface area contributed by atoms with E-state index in [0.29, 0.717) is 31.4 Å². The van der Waals surface area contributed by atoms with E-state index in [1.807, 2.05) is 23.8 Å². The number of carbonyl (C=O) groups is 1. The molecule has 2 aromatic rings. The van der Waals surface area contributed by atoms with E-state index in [4.69, 9.17) is 9.26 Å². The summed E-state index contributed by atoms with van der Waals surface area (Å²) in [5, 5.41) is 11.1. The Morgan fingerprint density at radius 1 is 1.46 bits per heavy atom. The van der Waals surface area contributed by atoms with Crippen molar-refractivity contribution in [1.82, 2.24) is 20.4 Å². The molecule has 0 unspecified atom stereocenters. The normalized spacial score (nSPS) is 16.0. The van der Waals surface area contributed by atoms with Gasteiger partial charge < -0.3 is 14.6 Å². The molecule has 8 heteroatoms. The van der Waals surface area contributed by atoms with Gasteiger partial charge in [-0.15, -0.1) is 0 Å². The minimum atomic E-state index is 0.0994. The van der Waals surface area contributed by atoms with Gasteiger partial charge in [-0.25, -0.2) is 0 Å². The summed E-state index contributed by atoms with van der Waals surface area (Å²) in [6.45, 7) is 6.46. The van der Waals surface area contributed by atoms with E-state index in [9.17, 15) is 4.79 Å². The molecule has 2 aromatic heterocycles. The third-order valence-electron chi connectivity index (χ3n) is 4.53. The molecule has 0 atom stereocenters. The van der Waals surface area contributed by atoms with Crippen LogP contribution in [0.4, 0.5) is 0 Å². The van der Waals surface area contributed by atoms with Crippen LogP contribution in [0.3, 0.4) is 0 Å². The van der Waals surface area contributed by atoms with Crippen molar-refractivity contribution >= 4 is 17.2 Å². The lowest BCUT2D eigenvalue weighted by Crippen LogP contribution is -2.40. The van der Waals surface area contributed by atoms with Crippen LogP contribution < -0.4 is 5.32 Å². The standard InChI is InChI=1S/C18H26N4O3S/c1-2-24-10-3-7-19-18(23)14-4-8-22(9-5-14)12-16-20-17(21-25-16)15-6-11-26-13-15/h6,11,13-14H,2-5,7-10,12H2,1H3,(H,19,23). The third kappa shape index (κ3) is 5.36. The zero-order valence-electron chi connectivity index (χ0n) is 15.1. The fraction of sp³-hybridized carbons (Fsp3) is 0.611. The summed E-state index contributed by atoms with van der Waals surface area (Å²) in [4.78, 5) is 18.9. The summed E-state index contributed by atoms with van der Waals surface area (Å²) in [6, 6.07) is 1.98. The molecule has 3 heterocycles. The Balaban J connectivity index is 1.38. The topological polar surface area (TPSA) is 80.5 Å². The molecule has 142 valence electrons. The van der Waals surface area contributed by atoms with E-state index >= 15 is 0 Å². The molecule has 0 spiro atoms. The first-order valence-electron chi connectivity index (χ1n) is 9.19. The van der Waals surface area contributed by atoms with Crippen molar-refractivity contribution in [3.05, 3.63) is 22.7 Å². The lowest BCUT2D eigenvalue weighted by Gasteiger charge is -2.30. The van der Waals surface area contributed by atoms with Crippen LogP contribution in [0, 0.1) is 5.92 Å². The number of amides is 1. The summed E-state index contributed by atoms with van der Waals surface area (Å²) < 4.78 is 10.6. The van der Waals surface area contributed by atoms with Crippen LogP contribution >= 0.6 is 11.3 Å². The van der Waals surface area contributed by atoms with Gasteiger partial charge in [0.05, 0.1) is 6.54 Å². The predicted molar refractivity (Wildman–Crippen MR) is 99.7 cm³/mol. The number of piperidine rings is 1. The van der Waals surface area contributed by atoms with Crippen molar-refractivity contribution in [2.75, 3.05) is 32.8 Å². The highest BCUT2D eigenvalue weighted by Crippen LogP contribution is 2.21. The molecule has 0 bridgehead atoms. The second kappa shape index (κ2) is 9.80. The Hall–Kier alpha value is -1.77. The van der Waals surface area contributed by atoms with Gasteiger partial charge in [-0.2, -0.15) is 16.3 Å². The molecule has 3 rings (SSSR count). The molecule has 1 fully saturated rings. The lowest BCUT2D eigenvalue weighted by atomic mass is 9.96. The molecule has 1 aliphatic rings. The maximum Gasteiger partial charge on any atom is 0.241 e. The maximum atomic E-state index is 12.2. The molecular formula is C18H26N4O3S. The van der Waals surface area contributed by atoms with Crippen LogP contribution in [0.25, 0.3) is 11.4 Å². The van der Waals surface area contributed by atoms with Crippen LogP contribution in [0.15, 0.2) is 21.3 Å². The zero-order valence-corrected chi connectivity index (χ0v) is 16.0. The Kier molecular flexibility index (Phi) is 7.16. The maximum absolute atomic E-state index is 12.2. The highest BCUT2D eigenvalue weighted by atomic mass is 32.1. The van der Waals surface area contributed by atoms with Crippen molar-refractivity contribution in [3.63, 3.8) is 0 Å². The molecular weight excluding hydrogens is 352 g/mol. The number of aromatic nitrogens is 2. The number of rotatable bonds is 9. The minimum Gasteiger partial charge on any atom is -0.382 e. The molecule has 0 radical (unpaired) electrons. The highest BCUT2D eigenvalue weighted by Gasteiger charge is 2.25. The van der Waals surface area contributed by atoms with Crippen LogP contribution in [-0.4, -0.2) is 53.8 Å². The van der Waals surface area contributed by atoms with Gasteiger partial charge in [-0.1, -0.05) is 5.16 Å². The quantitative estimate of drug-likeness (QED) is 0.676. The molecule has 7 nitrogen and oxygen atoms in total. The van der Waals surface area contributed by atoms with E-state index in [1.54, 1.807) is 11.3 Å². The molecule has 0 aromatic carbocycles. The van der Waals surface area contributed by atoms with Gasteiger partial charge in [0.1, 0.15) is 0 Å². The van der Waals surface area contributed by atoms with E-state index in [2.05, 4.69) is 20.4 Å². The molecule has 1 aliphatic heterocycles. The number of nitrogens with zero attached hydrogens (tertiary/aromatic N) is 3. The minimum absolute atomic E-state index is 0.0994. The average Bonchev–Trinajstić information content (AvgIpc) is 3.33. The Morgan fingerprint density at radius 2 is 2.31 bits per heavy atom. The number of hydrogen-bond donors (Lipinski definition) is 1. The smallest absolute Gasteiger partial charge is 0.241 e. The monoisotopic (exact) mass is 378 g/mol. The van der Waals surface area contributed by atoms with E-state index in [0.717, 1.165) is 44.5 Å². The number of nitrogens with one attached hydrogen (secondary N) is 1. The summed E-state index contributed by atoms with van der Waals surface area (Å²) in [5.74, 6) is 1.54. The van der Waals surface area contributed by atoms with Gasteiger partial charge in [0.25, 0.3) is 0 Å². The third-order valence-corrected chi connectivity index (χ3v) is 5.22. The molecule has 0 aliphatic carbocycles. The van der Waals surface area contributed by atoms with Gasteiger partial charge in [-0.05, 0) is 50.7 Å². The van der Waals surface area contributed by atoms with Crippen LogP contribution in [0.1, 0.15) is 32.1 Å². The summed E-state index contributed by atoms with van der Waals surface area (Å²) >= 11 is 1.61. The number of likely N-dealkylation sites (tertiary alicyclic amines) is 1. The SMILES string of the molecule is CCOCCCNC(=O)C1CCN(Cc2nc(-c3ccsc3)no2)CC1. The summed E-state index contributed by atoms with van der Waals surface area (Å²) in [6.07, 6.45) is 2.59. The van der Waals surface area contributed by atoms with Crippen molar-refractivity contribution in [1.29, 1.82) is 0 Å². The van der Waals surface area contributed by atoms with Crippen molar-refractivity contribution in [2.45, 2.75) is 32.7 Å². The van der Waals surface area contributed by atoms with Gasteiger partial charge in [0.15, 0.2) is 0 Å². The van der Waals surface area contributed by atoms with E-state index in [1.165, 1.54) is 0 Å². The first-order valence-corrected chi connectivity index (χ1v) is 10.1. The van der Waals surface area contributed by atoms with E-state index in [-0.39, 0.29) is 11.8 Å². The fourth-order valence-electron chi connectivity index (χ4n) is 3.05. The van der Waals surface area contributed by atoms with Gasteiger partial charge in [0.2, 0.25) is 17.6 Å². The molecule has 1 amide bonds. The first-order chi connectivity index (χ1) is 12.8. The van der Waals surface area contributed by atoms with Crippen molar-refractivity contribution in [2.24, 2.45) is 5.92 Å². The van der Waals surface area contributed by atoms with Crippen LogP contribution in [0.2, 0.25) is 0 Å². The Labute approximate surface area is 157 Å². The second-order valence-electron chi connectivity index (χ2n) is 6.42. The van der Waals surface area contributed by atoms with Crippen molar-refractivity contribution < 1.29 is 14.1 Å². The van der Waals surface area contributed by atoms with Gasteiger partial charge in [-0.3, -0.25) is 9.69 Å². The highest BCUT2D eigenvalue weighted by molar-refractivity contribution is 7.08. The van der Waals surface area contributed by atoms with Crippen LogP contribution in [-0.2, 0) is 16.1 Å². The van der Waals surface area contributed by atoms with Gasteiger partial charge >= 0.3 is 0 Å². The Bertz CT molecular complexity index is 666. The summed E-state index contributed by atoms with van der Waals surface area (Å²) in [5.41, 5.74) is 0.990. The average molecular weight is 378 g/mol. The van der Waals surface area contributed by atoms with Crippen molar-refractivity contribution in [3.8, 4) is 11.4 Å². The molecule has 1 saturated heterocycles. The first kappa shape index (κ1) is 19.0. The van der Waals surface area contributed by atoms with E-state index < -0.39 is 0 Å². The van der Waals surface area contributed by atoms with Gasteiger partial charge in [0, 0.05) is 36.6 Å². The number of carbonyl (C=O) groups excluding carboxylic acids is 1.